The molecule has 2 rings (SSSR count). The Bertz CT molecular complexity index is 772. The van der Waals surface area contributed by atoms with E-state index < -0.39 is 24.0 Å². The van der Waals surface area contributed by atoms with Gasteiger partial charge in [0.1, 0.15) is 5.69 Å². The second kappa shape index (κ2) is 6.01. The van der Waals surface area contributed by atoms with Crippen LogP contribution >= 0.6 is 0 Å². The molecule has 0 aliphatic rings. The minimum absolute atomic E-state index is 0.0206. The van der Waals surface area contributed by atoms with Crippen molar-refractivity contribution in [2.45, 2.75) is 26.3 Å². The summed E-state index contributed by atoms with van der Waals surface area (Å²) in [6.45, 7) is 5.08. The molecule has 1 amide bonds. The van der Waals surface area contributed by atoms with Gasteiger partial charge < -0.3 is 15.0 Å². The first-order chi connectivity index (χ1) is 10.3. The Morgan fingerprint density at radius 2 is 1.91 bits per heavy atom. The largest absolute Gasteiger partial charge is 0.451 e. The molecule has 0 aliphatic carbocycles. The van der Waals surface area contributed by atoms with Crippen LogP contribution in [0.15, 0.2) is 35.1 Å². The maximum Gasteiger partial charge on any atom is 0.355 e. The first-order valence-electron chi connectivity index (χ1n) is 6.86. The molecule has 116 valence electrons. The number of aromatic amines is 1. The molecule has 0 spiro atoms. The summed E-state index contributed by atoms with van der Waals surface area (Å²) in [6.07, 6.45) is 0. The molecular formula is C16H18N2O4. The van der Waals surface area contributed by atoms with Gasteiger partial charge in [-0.15, -0.1) is 0 Å². The predicted molar refractivity (Wildman–Crippen MR) is 82.7 cm³/mol. The molecule has 1 heterocycles. The highest BCUT2D eigenvalue weighted by atomic mass is 16.5. The summed E-state index contributed by atoms with van der Waals surface area (Å²) in [7, 11) is 0. The molecular weight excluding hydrogens is 284 g/mol. The summed E-state index contributed by atoms with van der Waals surface area (Å²) >= 11 is 0. The van der Waals surface area contributed by atoms with Gasteiger partial charge in [-0.2, -0.15) is 0 Å². The summed E-state index contributed by atoms with van der Waals surface area (Å²) in [5.41, 5.74) is -0.753. The van der Waals surface area contributed by atoms with Crippen LogP contribution in [0.4, 0.5) is 0 Å². The standard InChI is InChI=1S/C16H18N2O4/c1-16(2,3)18-13(19)9-22-15(21)12-8-10-6-4-5-7-11(10)14(20)17-12/h4-8H,9H2,1-3H3,(H,17,20)(H,18,19). The molecule has 0 atom stereocenters. The van der Waals surface area contributed by atoms with Crippen molar-refractivity contribution in [2.75, 3.05) is 6.61 Å². The molecule has 0 unspecified atom stereocenters. The zero-order valence-corrected chi connectivity index (χ0v) is 12.7. The Balaban J connectivity index is 2.10. The molecule has 0 aliphatic heterocycles. The maximum absolute atomic E-state index is 11.9. The average Bonchev–Trinajstić information content (AvgIpc) is 2.43. The van der Waals surface area contributed by atoms with E-state index in [1.165, 1.54) is 6.07 Å². The molecule has 0 bridgehead atoms. The van der Waals surface area contributed by atoms with E-state index in [0.717, 1.165) is 0 Å². The Labute approximate surface area is 127 Å². The van der Waals surface area contributed by atoms with Crippen molar-refractivity contribution in [1.82, 2.24) is 10.3 Å². The van der Waals surface area contributed by atoms with Crippen LogP contribution in [0.1, 0.15) is 31.3 Å². The van der Waals surface area contributed by atoms with Crippen LogP contribution in [0.25, 0.3) is 10.8 Å². The van der Waals surface area contributed by atoms with E-state index in [9.17, 15) is 14.4 Å². The van der Waals surface area contributed by atoms with Crippen LogP contribution in [-0.2, 0) is 9.53 Å². The van der Waals surface area contributed by atoms with E-state index in [2.05, 4.69) is 10.3 Å². The number of rotatable bonds is 3. The first-order valence-corrected chi connectivity index (χ1v) is 6.86. The van der Waals surface area contributed by atoms with E-state index in [1.54, 1.807) is 24.3 Å². The number of ether oxygens (including phenoxy) is 1. The second-order valence-corrected chi connectivity index (χ2v) is 5.97. The van der Waals surface area contributed by atoms with E-state index in [0.29, 0.717) is 10.8 Å². The van der Waals surface area contributed by atoms with Crippen LogP contribution in [-0.4, -0.2) is 29.0 Å². The normalized spacial score (nSPS) is 11.2. The minimum atomic E-state index is -0.744. The molecule has 22 heavy (non-hydrogen) atoms. The van der Waals surface area contributed by atoms with Gasteiger partial charge in [0.05, 0.1) is 0 Å². The van der Waals surface area contributed by atoms with Gasteiger partial charge in [-0.1, -0.05) is 18.2 Å². The van der Waals surface area contributed by atoms with Gasteiger partial charge >= 0.3 is 5.97 Å². The summed E-state index contributed by atoms with van der Waals surface area (Å²) in [5.74, 6) is -1.14. The molecule has 2 aromatic rings. The monoisotopic (exact) mass is 302 g/mol. The van der Waals surface area contributed by atoms with Crippen LogP contribution in [0, 0.1) is 0 Å². The number of esters is 1. The van der Waals surface area contributed by atoms with Gasteiger partial charge in [0.25, 0.3) is 11.5 Å². The number of nitrogens with one attached hydrogen (secondary N) is 2. The van der Waals surface area contributed by atoms with Gasteiger partial charge in [0.15, 0.2) is 6.61 Å². The van der Waals surface area contributed by atoms with Gasteiger partial charge in [0.2, 0.25) is 0 Å². The Hall–Kier alpha value is -2.63. The van der Waals surface area contributed by atoms with Crippen molar-refractivity contribution in [3.63, 3.8) is 0 Å². The van der Waals surface area contributed by atoms with Crippen molar-refractivity contribution in [2.24, 2.45) is 0 Å². The Morgan fingerprint density at radius 1 is 1.23 bits per heavy atom. The fraction of sp³-hybridized carbons (Fsp3) is 0.312. The van der Waals surface area contributed by atoms with Crippen molar-refractivity contribution in [3.05, 3.63) is 46.4 Å². The fourth-order valence-corrected chi connectivity index (χ4v) is 1.98. The number of carbonyl (C=O) groups excluding carboxylic acids is 2. The summed E-state index contributed by atoms with van der Waals surface area (Å²) in [5, 5.41) is 3.81. The molecule has 0 radical (unpaired) electrons. The first kappa shape index (κ1) is 15.8. The Morgan fingerprint density at radius 3 is 2.59 bits per heavy atom. The number of hydrogen-bond donors (Lipinski definition) is 2. The highest BCUT2D eigenvalue weighted by Crippen LogP contribution is 2.10. The van der Waals surface area contributed by atoms with Gasteiger partial charge in [-0.3, -0.25) is 9.59 Å². The van der Waals surface area contributed by atoms with Gasteiger partial charge in [0, 0.05) is 10.9 Å². The Kier molecular flexibility index (Phi) is 4.30. The van der Waals surface area contributed by atoms with Crippen molar-refractivity contribution < 1.29 is 14.3 Å². The molecule has 2 N–H and O–H groups in total. The third-order valence-corrected chi connectivity index (χ3v) is 2.82. The zero-order valence-electron chi connectivity index (χ0n) is 12.7. The lowest BCUT2D eigenvalue weighted by Gasteiger charge is -2.20. The van der Waals surface area contributed by atoms with E-state index in [1.807, 2.05) is 20.8 Å². The molecule has 6 nitrogen and oxygen atoms in total. The summed E-state index contributed by atoms with van der Waals surface area (Å²) in [6, 6.07) is 8.44. The van der Waals surface area contributed by atoms with E-state index >= 15 is 0 Å². The SMILES string of the molecule is CC(C)(C)NC(=O)COC(=O)c1cc2ccccc2c(=O)[nH]1. The van der Waals surface area contributed by atoms with Crippen molar-refractivity contribution >= 4 is 22.6 Å². The highest BCUT2D eigenvalue weighted by molar-refractivity contribution is 5.94. The number of benzene rings is 1. The second-order valence-electron chi connectivity index (χ2n) is 5.97. The number of hydrogen-bond acceptors (Lipinski definition) is 4. The van der Waals surface area contributed by atoms with Gasteiger partial charge in [-0.05, 0) is 38.3 Å². The average molecular weight is 302 g/mol. The molecule has 1 aromatic carbocycles. The third-order valence-electron chi connectivity index (χ3n) is 2.82. The van der Waals surface area contributed by atoms with E-state index in [4.69, 9.17) is 4.74 Å². The summed E-state index contributed by atoms with van der Waals surface area (Å²) in [4.78, 5) is 37.9. The predicted octanol–water partition coefficient (Wildman–Crippen LogP) is 1.60. The lowest BCUT2D eigenvalue weighted by molar-refractivity contribution is -0.125. The lowest BCUT2D eigenvalue weighted by Crippen LogP contribution is -2.42. The third kappa shape index (κ3) is 3.94. The molecule has 1 aromatic heterocycles. The van der Waals surface area contributed by atoms with Crippen LogP contribution in [0.3, 0.4) is 0 Å². The van der Waals surface area contributed by atoms with Crippen molar-refractivity contribution in [1.29, 1.82) is 0 Å². The number of amides is 1. The van der Waals surface area contributed by atoms with Crippen molar-refractivity contribution in [3.8, 4) is 0 Å². The minimum Gasteiger partial charge on any atom is -0.451 e. The molecule has 0 saturated heterocycles. The molecule has 0 fully saturated rings. The smallest absolute Gasteiger partial charge is 0.355 e. The topological polar surface area (TPSA) is 88.3 Å². The number of carbonyl (C=O) groups is 2. The van der Waals surface area contributed by atoms with E-state index in [-0.39, 0.29) is 11.3 Å². The number of fused-ring (bicyclic) bond motifs is 1. The van der Waals surface area contributed by atoms with Gasteiger partial charge in [-0.25, -0.2) is 4.79 Å². The van der Waals surface area contributed by atoms with Crippen LogP contribution < -0.4 is 10.9 Å². The zero-order chi connectivity index (χ0) is 16.3. The number of H-pyrrole nitrogens is 1. The molecule has 6 heteroatoms. The van der Waals surface area contributed by atoms with Crippen LogP contribution in [0.5, 0.6) is 0 Å². The quantitative estimate of drug-likeness (QED) is 0.843. The number of pyridine rings is 1. The fourth-order valence-electron chi connectivity index (χ4n) is 1.98. The molecule has 0 saturated carbocycles. The van der Waals surface area contributed by atoms with Crippen LogP contribution in [0.2, 0.25) is 0 Å². The highest BCUT2D eigenvalue weighted by Gasteiger charge is 2.16. The summed E-state index contributed by atoms with van der Waals surface area (Å²) < 4.78 is 4.92. The lowest BCUT2D eigenvalue weighted by atomic mass is 10.1. The number of aromatic nitrogens is 1. The maximum atomic E-state index is 11.9.